The molecule has 0 aliphatic heterocycles. The summed E-state index contributed by atoms with van der Waals surface area (Å²) < 4.78 is 5.24. The lowest BCUT2D eigenvalue weighted by Gasteiger charge is -2.05. The zero-order valence-electron chi connectivity index (χ0n) is 9.52. The number of hydrogen-bond donors (Lipinski definition) is 1. The molecule has 1 N–H and O–H groups in total. The van der Waals surface area contributed by atoms with Crippen LogP contribution < -0.4 is 5.32 Å². The molecule has 0 radical (unpaired) electrons. The van der Waals surface area contributed by atoms with E-state index in [2.05, 4.69) is 11.4 Å². The Labute approximate surface area is 101 Å². The molecule has 0 aliphatic rings. The molecule has 1 aromatic heterocycles. The van der Waals surface area contributed by atoms with E-state index in [-0.39, 0.29) is 0 Å². The largest absolute Gasteiger partial charge is 0.469 e. The van der Waals surface area contributed by atoms with Crippen molar-refractivity contribution in [3.63, 3.8) is 0 Å². The third kappa shape index (κ3) is 3.20. The predicted molar refractivity (Wildman–Crippen MR) is 65.3 cm³/mol. The zero-order valence-corrected chi connectivity index (χ0v) is 9.52. The SMILES string of the molecule is N#Cc1ccccc1CNCCc1ccco1. The first kappa shape index (κ1) is 11.4. The van der Waals surface area contributed by atoms with Gasteiger partial charge in [0.25, 0.3) is 0 Å². The van der Waals surface area contributed by atoms with E-state index in [9.17, 15) is 0 Å². The van der Waals surface area contributed by atoms with Gasteiger partial charge in [0, 0.05) is 19.5 Å². The van der Waals surface area contributed by atoms with Crippen LogP contribution >= 0.6 is 0 Å². The van der Waals surface area contributed by atoms with Gasteiger partial charge in [0.15, 0.2) is 0 Å². The van der Waals surface area contributed by atoms with Crippen molar-refractivity contribution in [2.75, 3.05) is 6.54 Å². The highest BCUT2D eigenvalue weighted by Crippen LogP contribution is 2.06. The molecule has 0 fully saturated rings. The first-order chi connectivity index (χ1) is 8.40. The second-order valence-corrected chi connectivity index (χ2v) is 3.78. The molecular formula is C14H14N2O. The monoisotopic (exact) mass is 226 g/mol. The molecule has 0 aliphatic carbocycles. The number of rotatable bonds is 5. The molecule has 0 saturated carbocycles. The van der Waals surface area contributed by atoms with Gasteiger partial charge < -0.3 is 9.73 Å². The van der Waals surface area contributed by atoms with Crippen LogP contribution in [0.15, 0.2) is 47.1 Å². The summed E-state index contributed by atoms with van der Waals surface area (Å²) in [7, 11) is 0. The summed E-state index contributed by atoms with van der Waals surface area (Å²) in [6.07, 6.45) is 2.54. The van der Waals surface area contributed by atoms with Crippen LogP contribution in [0.4, 0.5) is 0 Å². The minimum absolute atomic E-state index is 0.713. The Bertz CT molecular complexity index is 497. The van der Waals surface area contributed by atoms with Gasteiger partial charge in [0.1, 0.15) is 5.76 Å². The predicted octanol–water partition coefficient (Wildman–Crippen LogP) is 2.48. The van der Waals surface area contributed by atoms with Gasteiger partial charge in [-0.25, -0.2) is 0 Å². The van der Waals surface area contributed by atoms with E-state index in [4.69, 9.17) is 9.68 Å². The van der Waals surface area contributed by atoms with Crippen molar-refractivity contribution in [2.45, 2.75) is 13.0 Å². The minimum atomic E-state index is 0.713. The highest BCUT2D eigenvalue weighted by Gasteiger charge is 2.00. The van der Waals surface area contributed by atoms with E-state index in [1.54, 1.807) is 6.26 Å². The maximum atomic E-state index is 8.93. The summed E-state index contributed by atoms with van der Waals surface area (Å²) in [5.41, 5.74) is 1.77. The second kappa shape index (κ2) is 5.88. The summed E-state index contributed by atoms with van der Waals surface area (Å²) in [5, 5.41) is 12.2. The summed E-state index contributed by atoms with van der Waals surface area (Å²) in [6.45, 7) is 1.55. The minimum Gasteiger partial charge on any atom is -0.469 e. The third-order valence-electron chi connectivity index (χ3n) is 2.58. The Balaban J connectivity index is 1.80. The number of furan rings is 1. The van der Waals surface area contributed by atoms with Gasteiger partial charge in [-0.2, -0.15) is 5.26 Å². The zero-order chi connectivity index (χ0) is 11.9. The fourth-order valence-electron chi connectivity index (χ4n) is 1.67. The fourth-order valence-corrected chi connectivity index (χ4v) is 1.67. The molecular weight excluding hydrogens is 212 g/mol. The van der Waals surface area contributed by atoms with Crippen LogP contribution in [0.1, 0.15) is 16.9 Å². The first-order valence-corrected chi connectivity index (χ1v) is 5.61. The van der Waals surface area contributed by atoms with Crippen molar-refractivity contribution in [3.8, 4) is 6.07 Å². The molecule has 0 amide bonds. The van der Waals surface area contributed by atoms with Gasteiger partial charge in [-0.15, -0.1) is 0 Å². The molecule has 0 atom stereocenters. The third-order valence-corrected chi connectivity index (χ3v) is 2.58. The van der Waals surface area contributed by atoms with E-state index >= 15 is 0 Å². The number of benzene rings is 1. The molecule has 86 valence electrons. The highest BCUT2D eigenvalue weighted by molar-refractivity contribution is 5.37. The Morgan fingerprint density at radius 3 is 2.82 bits per heavy atom. The Hall–Kier alpha value is -2.05. The average Bonchev–Trinajstić information content (AvgIpc) is 2.88. The van der Waals surface area contributed by atoms with Gasteiger partial charge >= 0.3 is 0 Å². The van der Waals surface area contributed by atoms with Crippen LogP contribution in [0.25, 0.3) is 0 Å². The maximum Gasteiger partial charge on any atom is 0.105 e. The van der Waals surface area contributed by atoms with E-state index in [1.165, 1.54) is 0 Å². The fraction of sp³-hybridized carbons (Fsp3) is 0.214. The maximum absolute atomic E-state index is 8.93. The van der Waals surface area contributed by atoms with Crippen LogP contribution in [-0.4, -0.2) is 6.54 Å². The molecule has 17 heavy (non-hydrogen) atoms. The van der Waals surface area contributed by atoms with Crippen LogP contribution in [0.2, 0.25) is 0 Å². The lowest BCUT2D eigenvalue weighted by atomic mass is 10.1. The van der Waals surface area contributed by atoms with Gasteiger partial charge in [0.05, 0.1) is 17.9 Å². The molecule has 2 aromatic rings. The van der Waals surface area contributed by atoms with Crippen molar-refractivity contribution in [2.24, 2.45) is 0 Å². The van der Waals surface area contributed by atoms with Crippen molar-refractivity contribution in [1.29, 1.82) is 5.26 Å². The Morgan fingerprint density at radius 1 is 1.18 bits per heavy atom. The summed E-state index contributed by atoms with van der Waals surface area (Å²) in [5.74, 6) is 0.978. The molecule has 1 heterocycles. The van der Waals surface area contributed by atoms with Crippen LogP contribution in [-0.2, 0) is 13.0 Å². The Morgan fingerprint density at radius 2 is 2.06 bits per heavy atom. The van der Waals surface area contributed by atoms with Crippen LogP contribution in [0, 0.1) is 11.3 Å². The van der Waals surface area contributed by atoms with E-state index in [0.717, 1.165) is 29.9 Å². The van der Waals surface area contributed by atoms with E-state index in [0.29, 0.717) is 6.54 Å². The molecule has 3 heteroatoms. The molecule has 1 aromatic carbocycles. The van der Waals surface area contributed by atoms with Gasteiger partial charge in [0.2, 0.25) is 0 Å². The molecule has 0 bridgehead atoms. The highest BCUT2D eigenvalue weighted by atomic mass is 16.3. The molecule has 0 spiro atoms. The molecule has 2 rings (SSSR count). The van der Waals surface area contributed by atoms with E-state index in [1.807, 2.05) is 36.4 Å². The van der Waals surface area contributed by atoms with Crippen LogP contribution in [0.5, 0.6) is 0 Å². The van der Waals surface area contributed by atoms with Crippen LogP contribution in [0.3, 0.4) is 0 Å². The topological polar surface area (TPSA) is 49.0 Å². The summed E-state index contributed by atoms with van der Waals surface area (Å²) >= 11 is 0. The number of nitriles is 1. The average molecular weight is 226 g/mol. The van der Waals surface area contributed by atoms with Gasteiger partial charge in [-0.05, 0) is 23.8 Å². The Kier molecular flexibility index (Phi) is 3.95. The lowest BCUT2D eigenvalue weighted by Crippen LogP contribution is -2.17. The molecule has 0 saturated heterocycles. The van der Waals surface area contributed by atoms with Gasteiger partial charge in [-0.3, -0.25) is 0 Å². The second-order valence-electron chi connectivity index (χ2n) is 3.78. The lowest BCUT2D eigenvalue weighted by molar-refractivity contribution is 0.499. The standard InChI is InChI=1S/C14H14N2O/c15-10-12-4-1-2-5-13(12)11-16-8-7-14-6-3-9-17-14/h1-6,9,16H,7-8,11H2. The summed E-state index contributed by atoms with van der Waals surface area (Å²) in [6, 6.07) is 13.7. The molecule has 3 nitrogen and oxygen atoms in total. The number of nitrogens with one attached hydrogen (secondary N) is 1. The van der Waals surface area contributed by atoms with Crippen molar-refractivity contribution >= 4 is 0 Å². The number of hydrogen-bond acceptors (Lipinski definition) is 3. The van der Waals surface area contributed by atoms with Crippen molar-refractivity contribution in [1.82, 2.24) is 5.32 Å². The summed E-state index contributed by atoms with van der Waals surface area (Å²) in [4.78, 5) is 0. The number of nitrogens with zero attached hydrogens (tertiary/aromatic N) is 1. The first-order valence-electron chi connectivity index (χ1n) is 5.61. The quantitative estimate of drug-likeness (QED) is 0.797. The smallest absolute Gasteiger partial charge is 0.105 e. The van der Waals surface area contributed by atoms with E-state index < -0.39 is 0 Å². The van der Waals surface area contributed by atoms with Crippen molar-refractivity contribution in [3.05, 3.63) is 59.5 Å². The van der Waals surface area contributed by atoms with Gasteiger partial charge in [-0.1, -0.05) is 18.2 Å². The normalized spacial score (nSPS) is 10.1. The molecule has 0 unspecified atom stereocenters. The van der Waals surface area contributed by atoms with Crippen molar-refractivity contribution < 1.29 is 4.42 Å².